The van der Waals surface area contributed by atoms with Crippen LogP contribution in [0.4, 0.5) is 0 Å². The van der Waals surface area contributed by atoms with Crippen LogP contribution in [-0.2, 0) is 0 Å². The molecule has 0 spiro atoms. The molecule has 12 aromatic carbocycles. The van der Waals surface area contributed by atoms with Crippen molar-refractivity contribution in [2.75, 3.05) is 0 Å². The fraction of sp³-hybridized carbons (Fsp3) is 0. The van der Waals surface area contributed by atoms with E-state index in [0.717, 1.165) is 97.7 Å². The van der Waals surface area contributed by atoms with Gasteiger partial charge in [-0.25, -0.2) is 0 Å². The lowest BCUT2D eigenvalue weighted by molar-refractivity contribution is 0.669. The zero-order chi connectivity index (χ0) is 38.4. The summed E-state index contributed by atoms with van der Waals surface area (Å²) >= 11 is 0. The van der Waals surface area contributed by atoms with Gasteiger partial charge in [0.25, 0.3) is 0 Å². The summed E-state index contributed by atoms with van der Waals surface area (Å²) in [5, 5.41) is 17.5. The number of hydrogen-bond acceptors (Lipinski definition) is 1. The van der Waals surface area contributed by atoms with Gasteiger partial charge < -0.3 is 4.42 Å². The van der Waals surface area contributed by atoms with Crippen LogP contribution in [0, 0.1) is 0 Å². The molecule has 1 aromatic heterocycles. The lowest BCUT2D eigenvalue weighted by Gasteiger charge is -2.19. The molecule has 13 rings (SSSR count). The second-order valence-electron chi connectivity index (χ2n) is 14.9. The first-order chi connectivity index (χ1) is 28.5. The Balaban J connectivity index is 1.20. The van der Waals surface area contributed by atoms with Crippen LogP contribution in [0.5, 0.6) is 0 Å². The zero-order valence-electron chi connectivity index (χ0n) is 32.5. The van der Waals surface area contributed by atoms with Crippen molar-refractivity contribution < 1.29 is 8.53 Å². The van der Waals surface area contributed by atoms with Crippen LogP contribution in [0.3, 0.4) is 0 Å². The van der Waals surface area contributed by atoms with Gasteiger partial charge >= 0.3 is 0 Å². The fourth-order valence-electron chi connectivity index (χ4n) is 9.57. The molecular weight excluding hydrogens is 665 g/mol. The van der Waals surface area contributed by atoms with Gasteiger partial charge in [-0.2, -0.15) is 0 Å². The largest absolute Gasteiger partial charge is 0.456 e. The summed E-state index contributed by atoms with van der Waals surface area (Å²) in [5.74, 6) is 0. The molecule has 0 aliphatic heterocycles. The van der Waals surface area contributed by atoms with Gasteiger partial charge in [0.05, 0.1) is 4.11 Å². The summed E-state index contributed by atoms with van der Waals surface area (Å²) in [4.78, 5) is 0. The maximum absolute atomic E-state index is 10.4. The van der Waals surface area contributed by atoms with E-state index in [1.807, 2.05) is 30.3 Å². The normalized spacial score (nSPS) is 13.1. The molecule has 0 aliphatic rings. The highest BCUT2D eigenvalue weighted by Crippen LogP contribution is 2.47. The number of hydrogen-bond donors (Lipinski definition) is 0. The average molecular weight is 698 g/mol. The smallest absolute Gasteiger partial charge is 0.136 e. The average Bonchev–Trinajstić information content (AvgIpc) is 3.63. The van der Waals surface area contributed by atoms with Crippen LogP contribution in [0.2, 0.25) is 0 Å². The van der Waals surface area contributed by atoms with Crippen molar-refractivity contribution in [1.29, 1.82) is 0 Å². The standard InChI is InChI=1S/C54H30O/c1-2-7-38-30-49-47(28-37(38)6-1)54-43(12-5-13-48(54)55-49)41-25-22-39(40-23-18-35-16-14-31-8-3-10-33-20-26-44(40)52(35)50(31)33)29-46(41)42-24-19-36-17-15-32-9-4-11-34-21-27-45(42)53(36)51(32)34/h1-30H/i22D,25D,29D. The van der Waals surface area contributed by atoms with Crippen molar-refractivity contribution >= 4 is 97.3 Å². The van der Waals surface area contributed by atoms with E-state index < -0.39 is 0 Å². The van der Waals surface area contributed by atoms with Crippen molar-refractivity contribution in [3.05, 3.63) is 182 Å². The van der Waals surface area contributed by atoms with Crippen molar-refractivity contribution in [3.8, 4) is 33.4 Å². The van der Waals surface area contributed by atoms with Gasteiger partial charge in [-0.1, -0.05) is 158 Å². The van der Waals surface area contributed by atoms with Crippen LogP contribution in [0.15, 0.2) is 186 Å². The van der Waals surface area contributed by atoms with E-state index in [2.05, 4.69) is 133 Å². The summed E-state index contributed by atoms with van der Waals surface area (Å²) in [6.07, 6.45) is 0. The summed E-state index contributed by atoms with van der Waals surface area (Å²) in [6.45, 7) is 0. The molecule has 0 radical (unpaired) electrons. The maximum atomic E-state index is 10.4. The summed E-state index contributed by atoms with van der Waals surface area (Å²) < 4.78 is 37.0. The van der Waals surface area contributed by atoms with Crippen molar-refractivity contribution in [3.63, 3.8) is 0 Å². The predicted octanol–water partition coefficient (Wildman–Crippen LogP) is 15.5. The molecule has 0 N–H and O–H groups in total. The van der Waals surface area contributed by atoms with Crippen LogP contribution in [0.1, 0.15) is 4.11 Å². The van der Waals surface area contributed by atoms with E-state index >= 15 is 0 Å². The Hall–Kier alpha value is -7.22. The van der Waals surface area contributed by atoms with Crippen LogP contribution in [0.25, 0.3) is 131 Å². The zero-order valence-corrected chi connectivity index (χ0v) is 29.5. The van der Waals surface area contributed by atoms with Gasteiger partial charge in [0.15, 0.2) is 0 Å². The van der Waals surface area contributed by atoms with E-state index in [4.69, 9.17) is 4.42 Å². The van der Waals surface area contributed by atoms with Gasteiger partial charge in [-0.15, -0.1) is 0 Å². The Labute approximate surface area is 320 Å². The molecule has 0 aliphatic carbocycles. The minimum absolute atomic E-state index is 0.0340. The Kier molecular flexibility index (Phi) is 5.15. The first-order valence-corrected chi connectivity index (χ1v) is 18.8. The third-order valence-electron chi connectivity index (χ3n) is 12.0. The van der Waals surface area contributed by atoms with Gasteiger partial charge in [0, 0.05) is 10.8 Å². The molecule has 0 saturated heterocycles. The van der Waals surface area contributed by atoms with Gasteiger partial charge in [0.2, 0.25) is 0 Å². The lowest BCUT2D eigenvalue weighted by atomic mass is 9.84. The molecule has 1 heterocycles. The Morgan fingerprint density at radius 1 is 0.309 bits per heavy atom. The van der Waals surface area contributed by atoms with Crippen LogP contribution < -0.4 is 0 Å². The van der Waals surface area contributed by atoms with E-state index in [0.29, 0.717) is 22.3 Å². The highest BCUT2D eigenvalue weighted by atomic mass is 16.3. The van der Waals surface area contributed by atoms with E-state index in [-0.39, 0.29) is 18.1 Å². The molecule has 0 bridgehead atoms. The Morgan fingerprint density at radius 3 is 1.51 bits per heavy atom. The van der Waals surface area contributed by atoms with Crippen molar-refractivity contribution in [2.24, 2.45) is 0 Å². The summed E-state index contributed by atoms with van der Waals surface area (Å²) in [5.41, 5.74) is 5.57. The molecule has 0 saturated carbocycles. The van der Waals surface area contributed by atoms with E-state index in [9.17, 15) is 4.11 Å². The number of furan rings is 1. The van der Waals surface area contributed by atoms with Gasteiger partial charge in [-0.05, 0) is 133 Å². The monoisotopic (exact) mass is 697 g/mol. The molecule has 13 aromatic rings. The maximum Gasteiger partial charge on any atom is 0.136 e. The molecule has 1 heteroatoms. The van der Waals surface area contributed by atoms with E-state index in [1.165, 1.54) is 10.8 Å². The third kappa shape index (κ3) is 4.02. The van der Waals surface area contributed by atoms with Gasteiger partial charge in [-0.3, -0.25) is 0 Å². The molecule has 0 fully saturated rings. The predicted molar refractivity (Wildman–Crippen MR) is 235 cm³/mol. The fourth-order valence-corrected chi connectivity index (χ4v) is 9.57. The van der Waals surface area contributed by atoms with E-state index in [1.54, 1.807) is 0 Å². The quantitative estimate of drug-likeness (QED) is 0.168. The minimum atomic E-state index is 0.0340. The molecule has 0 unspecified atom stereocenters. The topological polar surface area (TPSA) is 13.1 Å². The SMILES string of the molecule is [2H]c1c([2H])c(-c2cccc3oc4cc5ccccc5cc4c23)c(-c2ccc3ccc4cccc5ccc2c3c45)c([2H])c1-c1ccc2ccc3cccc4ccc1c2c34. The molecule has 252 valence electrons. The van der Waals surface area contributed by atoms with Crippen LogP contribution >= 0.6 is 0 Å². The Bertz CT molecular complexity index is 3860. The summed E-state index contributed by atoms with van der Waals surface area (Å²) in [6, 6.07) is 57.4. The van der Waals surface area contributed by atoms with Crippen molar-refractivity contribution in [2.45, 2.75) is 0 Å². The first kappa shape index (κ1) is 26.5. The van der Waals surface area contributed by atoms with Crippen LogP contribution in [-0.4, -0.2) is 0 Å². The first-order valence-electron chi connectivity index (χ1n) is 20.3. The third-order valence-corrected chi connectivity index (χ3v) is 12.0. The summed E-state index contributed by atoms with van der Waals surface area (Å²) in [7, 11) is 0. The number of benzene rings is 12. The molecule has 1 nitrogen and oxygen atoms in total. The molecule has 0 amide bonds. The molecule has 0 atom stereocenters. The second kappa shape index (κ2) is 10.7. The number of rotatable bonds is 3. The second-order valence-corrected chi connectivity index (χ2v) is 14.9. The highest BCUT2D eigenvalue weighted by Gasteiger charge is 2.21. The minimum Gasteiger partial charge on any atom is -0.456 e. The van der Waals surface area contributed by atoms with Gasteiger partial charge in [0.1, 0.15) is 11.2 Å². The van der Waals surface area contributed by atoms with Crippen molar-refractivity contribution in [1.82, 2.24) is 0 Å². The molecular formula is C54H30O. The highest BCUT2D eigenvalue weighted by molar-refractivity contribution is 6.28. The number of fused-ring (bicyclic) bond motifs is 4. The molecule has 55 heavy (non-hydrogen) atoms. The lowest BCUT2D eigenvalue weighted by Crippen LogP contribution is -1.92. The Morgan fingerprint density at radius 2 is 0.836 bits per heavy atom.